The second-order valence-electron chi connectivity index (χ2n) is 5.90. The lowest BCUT2D eigenvalue weighted by atomic mass is 9.60. The van der Waals surface area contributed by atoms with Gasteiger partial charge >= 0.3 is 0 Å². The minimum absolute atomic E-state index is 0.473. The van der Waals surface area contributed by atoms with E-state index in [1.54, 1.807) is 0 Å². The van der Waals surface area contributed by atoms with Gasteiger partial charge in [-0.05, 0) is 29.4 Å². The van der Waals surface area contributed by atoms with E-state index in [-0.39, 0.29) is 0 Å². The molecule has 3 aliphatic rings. The van der Waals surface area contributed by atoms with E-state index in [0.717, 1.165) is 24.8 Å². The van der Waals surface area contributed by atoms with Crippen LogP contribution in [0.25, 0.3) is 0 Å². The van der Waals surface area contributed by atoms with Crippen molar-refractivity contribution in [1.82, 2.24) is 5.06 Å². The van der Waals surface area contributed by atoms with E-state index in [2.05, 4.69) is 43.2 Å². The van der Waals surface area contributed by atoms with Crippen LogP contribution in [-0.2, 0) is 11.3 Å². The molecule has 1 aromatic rings. The molecule has 90 valence electrons. The summed E-state index contributed by atoms with van der Waals surface area (Å²) in [5.74, 6) is 2.23. The van der Waals surface area contributed by atoms with Crippen molar-refractivity contribution in [2.75, 3.05) is 6.54 Å². The van der Waals surface area contributed by atoms with Crippen LogP contribution in [0.4, 0.5) is 0 Å². The van der Waals surface area contributed by atoms with Gasteiger partial charge in [-0.1, -0.05) is 38.1 Å². The molecule has 2 aliphatic heterocycles. The number of hydroxylamine groups is 2. The highest BCUT2D eigenvalue weighted by atomic mass is 16.7. The Labute approximate surface area is 103 Å². The molecular formula is C15H19NO. The Morgan fingerprint density at radius 1 is 1.18 bits per heavy atom. The van der Waals surface area contributed by atoms with Gasteiger partial charge in [0.2, 0.25) is 0 Å². The van der Waals surface area contributed by atoms with Crippen LogP contribution in [0.5, 0.6) is 0 Å². The van der Waals surface area contributed by atoms with Gasteiger partial charge in [0.05, 0.1) is 12.1 Å². The molecule has 2 fully saturated rings. The highest BCUT2D eigenvalue weighted by Crippen LogP contribution is 2.57. The van der Waals surface area contributed by atoms with Crippen molar-refractivity contribution in [3.05, 3.63) is 35.4 Å². The maximum absolute atomic E-state index is 6.14. The smallest absolute Gasteiger partial charge is 0.0871 e. The number of hydrogen-bond donors (Lipinski definition) is 0. The number of nitrogens with zero attached hydrogens (tertiary/aromatic N) is 1. The molecule has 0 radical (unpaired) electrons. The lowest BCUT2D eigenvalue weighted by Crippen LogP contribution is -2.47. The molecule has 1 aliphatic carbocycles. The minimum atomic E-state index is 0.473. The highest BCUT2D eigenvalue weighted by molar-refractivity contribution is 5.34. The molecule has 0 unspecified atom stereocenters. The monoisotopic (exact) mass is 229 g/mol. The standard InChI is InChI=1S/C15H19NO/c1-9-10(2)15-13(9)14-12-6-4-3-5-11(12)7-8-16(14)17-15/h3-6,9-10,13-15H,7-8H2,1-2H3/t9-,10+,13-,14-,15-/m1/s1. The average Bonchev–Trinajstić information content (AvgIpc) is 2.74. The summed E-state index contributed by atoms with van der Waals surface area (Å²) in [5, 5.41) is 2.26. The Bertz CT molecular complexity index is 458. The molecule has 4 rings (SSSR count). The van der Waals surface area contributed by atoms with Gasteiger partial charge in [0.1, 0.15) is 0 Å². The van der Waals surface area contributed by atoms with Crippen LogP contribution >= 0.6 is 0 Å². The van der Waals surface area contributed by atoms with Crippen LogP contribution in [0, 0.1) is 17.8 Å². The van der Waals surface area contributed by atoms with E-state index < -0.39 is 0 Å². The molecule has 0 aromatic heterocycles. The summed E-state index contributed by atoms with van der Waals surface area (Å²) in [6.07, 6.45) is 1.61. The molecule has 0 N–H and O–H groups in total. The summed E-state index contributed by atoms with van der Waals surface area (Å²) in [5.41, 5.74) is 3.05. The van der Waals surface area contributed by atoms with E-state index >= 15 is 0 Å². The van der Waals surface area contributed by atoms with E-state index in [9.17, 15) is 0 Å². The zero-order valence-electron chi connectivity index (χ0n) is 10.5. The maximum atomic E-state index is 6.14. The van der Waals surface area contributed by atoms with Crippen LogP contribution in [-0.4, -0.2) is 17.7 Å². The molecule has 2 heterocycles. The van der Waals surface area contributed by atoms with E-state index in [4.69, 9.17) is 4.84 Å². The van der Waals surface area contributed by atoms with E-state index in [1.807, 2.05) is 0 Å². The van der Waals surface area contributed by atoms with Crippen molar-refractivity contribution in [1.29, 1.82) is 0 Å². The van der Waals surface area contributed by atoms with Gasteiger partial charge in [-0.15, -0.1) is 0 Å². The fourth-order valence-electron chi connectivity index (χ4n) is 4.04. The van der Waals surface area contributed by atoms with Gasteiger partial charge in [-0.2, -0.15) is 5.06 Å². The highest BCUT2D eigenvalue weighted by Gasteiger charge is 2.58. The number of benzene rings is 1. The summed E-state index contributed by atoms with van der Waals surface area (Å²) in [7, 11) is 0. The lowest BCUT2D eigenvalue weighted by Gasteiger charge is -2.45. The van der Waals surface area contributed by atoms with Crippen molar-refractivity contribution in [3.63, 3.8) is 0 Å². The Hall–Kier alpha value is -0.860. The molecule has 1 saturated carbocycles. The van der Waals surface area contributed by atoms with Crippen molar-refractivity contribution in [3.8, 4) is 0 Å². The predicted molar refractivity (Wildman–Crippen MR) is 66.3 cm³/mol. The molecule has 0 spiro atoms. The summed E-state index contributed by atoms with van der Waals surface area (Å²) in [4.78, 5) is 6.14. The van der Waals surface area contributed by atoms with Crippen molar-refractivity contribution < 1.29 is 4.84 Å². The van der Waals surface area contributed by atoms with Crippen LogP contribution in [0.3, 0.4) is 0 Å². The number of hydrogen-bond acceptors (Lipinski definition) is 2. The maximum Gasteiger partial charge on any atom is 0.0871 e. The summed E-state index contributed by atoms with van der Waals surface area (Å²) in [6.45, 7) is 5.78. The predicted octanol–water partition coefficient (Wildman–Crippen LogP) is 2.80. The number of rotatable bonds is 0. The first kappa shape index (κ1) is 10.1. The van der Waals surface area contributed by atoms with Crippen LogP contribution < -0.4 is 0 Å². The van der Waals surface area contributed by atoms with Gasteiger partial charge in [0.15, 0.2) is 0 Å². The molecule has 2 heteroatoms. The molecule has 5 atom stereocenters. The van der Waals surface area contributed by atoms with Gasteiger partial charge in [-0.3, -0.25) is 4.84 Å². The zero-order valence-corrected chi connectivity index (χ0v) is 10.5. The first-order valence-electron chi connectivity index (χ1n) is 6.78. The fraction of sp³-hybridized carbons (Fsp3) is 0.600. The SMILES string of the molecule is C[C@@H]1[C@H](C)[C@H]2ON3CCc4ccccc4[C@@H]3[C@@H]12. The average molecular weight is 229 g/mol. The van der Waals surface area contributed by atoms with Gasteiger partial charge in [0.25, 0.3) is 0 Å². The van der Waals surface area contributed by atoms with Crippen LogP contribution in [0.15, 0.2) is 24.3 Å². The third-order valence-corrected chi connectivity index (χ3v) is 5.24. The first-order valence-corrected chi connectivity index (χ1v) is 6.78. The van der Waals surface area contributed by atoms with E-state index in [1.165, 1.54) is 11.1 Å². The minimum Gasteiger partial charge on any atom is -0.294 e. The van der Waals surface area contributed by atoms with Crippen LogP contribution in [0.2, 0.25) is 0 Å². The van der Waals surface area contributed by atoms with Gasteiger partial charge in [-0.25, -0.2) is 0 Å². The van der Waals surface area contributed by atoms with Crippen molar-refractivity contribution in [2.24, 2.45) is 17.8 Å². The molecule has 1 saturated heterocycles. The third-order valence-electron chi connectivity index (χ3n) is 5.24. The molecule has 0 amide bonds. The van der Waals surface area contributed by atoms with Crippen molar-refractivity contribution in [2.45, 2.75) is 32.4 Å². The van der Waals surface area contributed by atoms with Gasteiger partial charge in [0, 0.05) is 12.5 Å². The lowest BCUT2D eigenvalue weighted by molar-refractivity contribution is -0.193. The first-order chi connectivity index (χ1) is 8.27. The Morgan fingerprint density at radius 3 is 2.88 bits per heavy atom. The molecule has 17 heavy (non-hydrogen) atoms. The summed E-state index contributed by atoms with van der Waals surface area (Å²) >= 11 is 0. The normalized spacial score (nSPS) is 43.5. The van der Waals surface area contributed by atoms with E-state index in [0.29, 0.717) is 18.1 Å². The Kier molecular flexibility index (Phi) is 1.98. The fourth-order valence-corrected chi connectivity index (χ4v) is 4.04. The largest absolute Gasteiger partial charge is 0.294 e. The third kappa shape index (κ3) is 1.18. The molecule has 1 aromatic carbocycles. The molecule has 2 nitrogen and oxygen atoms in total. The van der Waals surface area contributed by atoms with Crippen molar-refractivity contribution >= 4 is 0 Å². The molecular weight excluding hydrogens is 210 g/mol. The second-order valence-corrected chi connectivity index (χ2v) is 5.90. The zero-order chi connectivity index (χ0) is 11.6. The Morgan fingerprint density at radius 2 is 2.00 bits per heavy atom. The van der Waals surface area contributed by atoms with Gasteiger partial charge < -0.3 is 0 Å². The summed E-state index contributed by atoms with van der Waals surface area (Å²) < 4.78 is 0. The summed E-state index contributed by atoms with van der Waals surface area (Å²) in [6, 6.07) is 9.44. The Balaban J connectivity index is 1.77. The quantitative estimate of drug-likeness (QED) is 0.678. The number of fused-ring (bicyclic) bond motifs is 5. The molecule has 0 bridgehead atoms. The second kappa shape index (κ2) is 3.33. The topological polar surface area (TPSA) is 12.5 Å². The van der Waals surface area contributed by atoms with Crippen LogP contribution in [0.1, 0.15) is 31.0 Å².